The lowest BCUT2D eigenvalue weighted by Crippen LogP contribution is -2.32. The minimum atomic E-state index is -0.333. The fourth-order valence-corrected chi connectivity index (χ4v) is 5.95. The third-order valence-corrected chi connectivity index (χ3v) is 8.14. The molecule has 2 aliphatic rings. The second-order valence-electron chi connectivity index (χ2n) is 13.6. The summed E-state index contributed by atoms with van der Waals surface area (Å²) >= 11 is 0. The Labute approximate surface area is 256 Å². The van der Waals surface area contributed by atoms with Crippen molar-refractivity contribution in [2.75, 3.05) is 0 Å². The van der Waals surface area contributed by atoms with Gasteiger partial charge in [-0.2, -0.15) is 0 Å². The van der Waals surface area contributed by atoms with E-state index in [0.717, 1.165) is 6.42 Å². The van der Waals surface area contributed by atoms with Crippen molar-refractivity contribution in [1.29, 1.82) is 0 Å². The van der Waals surface area contributed by atoms with Crippen LogP contribution in [0.25, 0.3) is 0 Å². The van der Waals surface area contributed by atoms with Crippen molar-refractivity contribution in [3.63, 3.8) is 0 Å². The highest BCUT2D eigenvalue weighted by Gasteiger charge is 2.34. The van der Waals surface area contributed by atoms with Gasteiger partial charge in [-0.25, -0.2) is 0 Å². The first kappa shape index (κ1) is 35.0. The highest BCUT2D eigenvalue weighted by Crippen LogP contribution is 2.42. The van der Waals surface area contributed by atoms with Gasteiger partial charge in [-0.15, -0.1) is 0 Å². The summed E-state index contributed by atoms with van der Waals surface area (Å²) in [6.45, 7) is 21.4. The minimum Gasteiger partial charge on any atom is -0.389 e. The molecular formula is C40H54O2. The number of aliphatic hydroxyl groups is 1. The molecule has 2 aliphatic carbocycles. The van der Waals surface area contributed by atoms with E-state index in [1.807, 2.05) is 6.08 Å². The number of ketones is 1. The van der Waals surface area contributed by atoms with Gasteiger partial charge >= 0.3 is 0 Å². The number of Topliss-reactive ketones (excluding diaryl/α,β-unsaturated/α-hetero) is 1. The van der Waals surface area contributed by atoms with Crippen LogP contribution in [-0.4, -0.2) is 17.0 Å². The fraction of sp³-hybridized carbons (Fsp3) is 0.425. The molecule has 0 aromatic heterocycles. The average Bonchev–Trinajstić information content (AvgIpc) is 2.84. The molecule has 2 heteroatoms. The van der Waals surface area contributed by atoms with Crippen LogP contribution in [0.4, 0.5) is 0 Å². The molecule has 0 spiro atoms. The van der Waals surface area contributed by atoms with E-state index in [1.165, 1.54) is 39.0 Å². The lowest BCUT2D eigenvalue weighted by Gasteiger charge is -2.38. The van der Waals surface area contributed by atoms with Gasteiger partial charge in [-0.1, -0.05) is 152 Å². The Balaban J connectivity index is 1.90. The lowest BCUT2D eigenvalue weighted by atomic mass is 9.67. The van der Waals surface area contributed by atoms with E-state index >= 15 is 0 Å². The topological polar surface area (TPSA) is 37.3 Å². The molecule has 0 saturated carbocycles. The van der Waals surface area contributed by atoms with Crippen LogP contribution < -0.4 is 0 Å². The Morgan fingerprint density at radius 1 is 0.786 bits per heavy atom. The number of allylic oxidation sites excluding steroid dienone is 21. The molecule has 0 aliphatic heterocycles. The van der Waals surface area contributed by atoms with E-state index in [0.29, 0.717) is 24.5 Å². The van der Waals surface area contributed by atoms with Gasteiger partial charge in [-0.3, -0.25) is 4.79 Å². The molecular weight excluding hydrogens is 512 g/mol. The quantitative estimate of drug-likeness (QED) is 0.211. The summed E-state index contributed by atoms with van der Waals surface area (Å²) in [7, 11) is 0. The Morgan fingerprint density at radius 2 is 1.29 bits per heavy atom. The van der Waals surface area contributed by atoms with Gasteiger partial charge < -0.3 is 5.11 Å². The fourth-order valence-electron chi connectivity index (χ4n) is 5.95. The Bertz CT molecular complexity index is 1320. The number of carbonyl (C=O) groups excluding carboxylic acids is 1. The predicted molar refractivity (Wildman–Crippen MR) is 183 cm³/mol. The molecule has 0 aromatic carbocycles. The third kappa shape index (κ3) is 11.6. The molecule has 0 amide bonds. The van der Waals surface area contributed by atoms with Crippen molar-refractivity contribution in [3.05, 3.63) is 130 Å². The average molecular weight is 567 g/mol. The van der Waals surface area contributed by atoms with Crippen LogP contribution in [0.3, 0.4) is 0 Å². The molecule has 226 valence electrons. The number of hydrogen-bond donors (Lipinski definition) is 1. The monoisotopic (exact) mass is 566 g/mol. The first-order chi connectivity index (χ1) is 19.6. The zero-order chi connectivity index (χ0) is 31.5. The zero-order valence-electron chi connectivity index (χ0n) is 27.8. The van der Waals surface area contributed by atoms with Gasteiger partial charge in [0.15, 0.2) is 0 Å². The number of hydrogen-bond acceptors (Lipinski definition) is 2. The van der Waals surface area contributed by atoms with Gasteiger partial charge in [0.1, 0.15) is 5.78 Å². The van der Waals surface area contributed by atoms with Crippen LogP contribution in [0.2, 0.25) is 0 Å². The molecule has 0 radical (unpaired) electrons. The van der Waals surface area contributed by atoms with Gasteiger partial charge in [0.05, 0.1) is 6.10 Å². The molecule has 2 nitrogen and oxygen atoms in total. The van der Waals surface area contributed by atoms with Gasteiger partial charge in [0, 0.05) is 18.8 Å². The highest BCUT2D eigenvalue weighted by molar-refractivity contribution is 5.84. The summed E-state index contributed by atoms with van der Waals surface area (Å²) in [5.74, 6) is 0.683. The summed E-state index contributed by atoms with van der Waals surface area (Å²) in [6.07, 6.45) is 33.5. The SMILES string of the molecule is CC1=C[C@H](O)CC(C)(C)[C@H]1/C=C/C(C)=C/C=C/C(C)=C/C=C/C=C(C)/C=C/C=C(C)/C=C/C1=C(C)CC(=O)CC1(C)C. The van der Waals surface area contributed by atoms with Crippen molar-refractivity contribution in [2.45, 2.75) is 94.6 Å². The zero-order valence-corrected chi connectivity index (χ0v) is 27.8. The standard InChI is InChI=1S/C40H54O2/c1-29(17-13-19-31(3)21-23-37-33(5)25-35(41)27-39(37,7)8)15-11-12-16-30(2)18-14-20-32(4)22-24-38-34(6)26-36(42)28-40(38,9)10/h11-25,35,37,41H,26-28H2,1-10H3/b12-11+,17-13+,18-14+,23-21+,24-22+,29-15+,30-16+,31-19+,32-20+/t35-,37-/m0/s1. The van der Waals surface area contributed by atoms with E-state index in [2.05, 4.69) is 154 Å². The molecule has 1 N–H and O–H groups in total. The molecule has 0 aromatic rings. The molecule has 42 heavy (non-hydrogen) atoms. The van der Waals surface area contributed by atoms with E-state index in [4.69, 9.17) is 0 Å². The van der Waals surface area contributed by atoms with Crippen LogP contribution in [0.1, 0.15) is 88.5 Å². The number of aliphatic hydroxyl groups excluding tert-OH is 1. The van der Waals surface area contributed by atoms with Crippen LogP contribution in [0.5, 0.6) is 0 Å². The predicted octanol–water partition coefficient (Wildman–Crippen LogP) is 10.6. The normalized spacial score (nSPS) is 24.8. The second kappa shape index (κ2) is 15.8. The molecule has 0 bridgehead atoms. The summed E-state index contributed by atoms with van der Waals surface area (Å²) in [6, 6.07) is 0. The van der Waals surface area contributed by atoms with Gasteiger partial charge in [0.25, 0.3) is 0 Å². The van der Waals surface area contributed by atoms with Gasteiger partial charge in [0.2, 0.25) is 0 Å². The summed E-state index contributed by atoms with van der Waals surface area (Å²) < 4.78 is 0. The van der Waals surface area contributed by atoms with Crippen molar-refractivity contribution >= 4 is 5.78 Å². The Kier molecular flexibility index (Phi) is 13.2. The van der Waals surface area contributed by atoms with Crippen LogP contribution in [0.15, 0.2) is 130 Å². The van der Waals surface area contributed by atoms with Gasteiger partial charge in [-0.05, 0) is 64.4 Å². The van der Waals surface area contributed by atoms with E-state index < -0.39 is 0 Å². The molecule has 2 atom stereocenters. The summed E-state index contributed by atoms with van der Waals surface area (Å²) in [5, 5.41) is 10.1. The van der Waals surface area contributed by atoms with Crippen LogP contribution in [0, 0.1) is 16.7 Å². The smallest absolute Gasteiger partial charge is 0.137 e. The lowest BCUT2D eigenvalue weighted by molar-refractivity contribution is -0.120. The molecule has 2 rings (SSSR count). The minimum absolute atomic E-state index is 0.0554. The van der Waals surface area contributed by atoms with Crippen molar-refractivity contribution in [2.24, 2.45) is 16.7 Å². The van der Waals surface area contributed by atoms with Crippen molar-refractivity contribution < 1.29 is 9.90 Å². The molecule has 0 heterocycles. The Hall–Kier alpha value is -3.23. The maximum Gasteiger partial charge on any atom is 0.137 e. The number of rotatable bonds is 10. The van der Waals surface area contributed by atoms with Crippen LogP contribution in [-0.2, 0) is 4.79 Å². The third-order valence-electron chi connectivity index (χ3n) is 8.14. The highest BCUT2D eigenvalue weighted by atomic mass is 16.3. The van der Waals surface area contributed by atoms with Crippen molar-refractivity contribution in [1.82, 2.24) is 0 Å². The largest absolute Gasteiger partial charge is 0.389 e. The maximum atomic E-state index is 12.0. The van der Waals surface area contributed by atoms with E-state index in [1.54, 1.807) is 0 Å². The maximum absolute atomic E-state index is 12.0. The second-order valence-corrected chi connectivity index (χ2v) is 13.6. The first-order valence-corrected chi connectivity index (χ1v) is 15.3. The molecule has 0 unspecified atom stereocenters. The number of carbonyl (C=O) groups is 1. The van der Waals surface area contributed by atoms with Crippen molar-refractivity contribution in [3.8, 4) is 0 Å². The van der Waals surface area contributed by atoms with Crippen LogP contribution >= 0.6 is 0 Å². The molecule has 0 saturated heterocycles. The Morgan fingerprint density at radius 3 is 1.81 bits per heavy atom. The van der Waals surface area contributed by atoms with E-state index in [9.17, 15) is 9.90 Å². The summed E-state index contributed by atoms with van der Waals surface area (Å²) in [4.78, 5) is 12.0. The van der Waals surface area contributed by atoms with E-state index in [-0.39, 0.29) is 16.9 Å². The summed E-state index contributed by atoms with van der Waals surface area (Å²) in [5.41, 5.74) is 8.43. The molecule has 0 fully saturated rings. The first-order valence-electron chi connectivity index (χ1n) is 15.3.